The van der Waals surface area contributed by atoms with Crippen LogP contribution in [0.4, 0.5) is 0 Å². The monoisotopic (exact) mass is 484 g/mol. The summed E-state index contributed by atoms with van der Waals surface area (Å²) in [4.78, 5) is 6.56. The van der Waals surface area contributed by atoms with Gasteiger partial charge in [-0.3, -0.25) is 10.00 Å². The number of H-pyrrole nitrogens is 1. The SMILES string of the molecule is Cc1ccccc1CN1CCC[C@@H](c2nnc(-c3ccc4[nH]nc(-c5ccnc(Cl)c5)c4c3)o2)C1. The molecule has 1 atom stereocenters. The molecule has 7 nitrogen and oxygen atoms in total. The molecular weight excluding hydrogens is 460 g/mol. The highest BCUT2D eigenvalue weighted by Crippen LogP contribution is 2.33. The molecule has 2 aromatic carbocycles. The van der Waals surface area contributed by atoms with Crippen LogP contribution in [-0.2, 0) is 6.54 Å². The number of aromatic nitrogens is 5. The minimum Gasteiger partial charge on any atom is -0.420 e. The topological polar surface area (TPSA) is 83.7 Å². The molecule has 4 heterocycles. The van der Waals surface area contributed by atoms with E-state index in [4.69, 9.17) is 16.0 Å². The molecule has 3 aromatic heterocycles. The lowest BCUT2D eigenvalue weighted by Gasteiger charge is -2.31. The standard InChI is InChI=1S/C27H25ClN6O/c1-17-5-2-3-6-20(17)15-34-12-4-7-21(16-34)27-33-32-26(35-27)19-8-9-23-22(13-19)25(31-30-23)18-10-11-29-24(28)14-18/h2-3,5-6,8-11,13-14,21H,4,7,12,15-16H2,1H3,(H,30,31)/t21-/m1/s1. The minimum atomic E-state index is 0.237. The molecule has 6 rings (SSSR count). The van der Waals surface area contributed by atoms with Crippen molar-refractivity contribution in [3.8, 4) is 22.7 Å². The van der Waals surface area contributed by atoms with Crippen molar-refractivity contribution in [2.45, 2.75) is 32.2 Å². The second-order valence-corrected chi connectivity index (χ2v) is 9.53. The van der Waals surface area contributed by atoms with Gasteiger partial charge in [-0.1, -0.05) is 35.9 Å². The maximum absolute atomic E-state index is 6.21. The number of nitrogens with one attached hydrogen (secondary N) is 1. The number of likely N-dealkylation sites (tertiary alicyclic amines) is 1. The van der Waals surface area contributed by atoms with Crippen molar-refractivity contribution in [1.82, 2.24) is 30.3 Å². The average Bonchev–Trinajstić information content (AvgIpc) is 3.53. The van der Waals surface area contributed by atoms with Crippen molar-refractivity contribution in [2.24, 2.45) is 0 Å². The van der Waals surface area contributed by atoms with Crippen molar-refractivity contribution in [2.75, 3.05) is 13.1 Å². The zero-order valence-corrected chi connectivity index (χ0v) is 20.2. The van der Waals surface area contributed by atoms with E-state index in [9.17, 15) is 0 Å². The van der Waals surface area contributed by atoms with Crippen molar-refractivity contribution < 1.29 is 4.42 Å². The summed E-state index contributed by atoms with van der Waals surface area (Å²) < 4.78 is 6.21. The maximum atomic E-state index is 6.21. The first-order valence-corrected chi connectivity index (χ1v) is 12.2. The molecule has 0 bridgehead atoms. The Labute approximate surface area is 208 Å². The zero-order chi connectivity index (χ0) is 23.8. The molecule has 0 radical (unpaired) electrons. The number of aryl methyl sites for hydroxylation is 1. The van der Waals surface area contributed by atoms with Gasteiger partial charge in [-0.05, 0) is 67.8 Å². The molecule has 0 spiro atoms. The summed E-state index contributed by atoms with van der Waals surface area (Å²) in [6, 6.07) is 18.3. The first kappa shape index (κ1) is 21.9. The highest BCUT2D eigenvalue weighted by Gasteiger charge is 2.26. The molecule has 5 aromatic rings. The first-order valence-electron chi connectivity index (χ1n) is 11.8. The fraction of sp³-hybridized carbons (Fsp3) is 0.259. The predicted octanol–water partition coefficient (Wildman–Crippen LogP) is 6.02. The van der Waals surface area contributed by atoms with Crippen LogP contribution in [0.5, 0.6) is 0 Å². The van der Waals surface area contributed by atoms with Crippen LogP contribution in [0, 0.1) is 6.92 Å². The summed E-state index contributed by atoms with van der Waals surface area (Å²) >= 11 is 6.09. The Balaban J connectivity index is 1.24. The van der Waals surface area contributed by atoms with Crippen molar-refractivity contribution in [3.05, 3.63) is 83.0 Å². The van der Waals surface area contributed by atoms with Crippen LogP contribution in [-0.4, -0.2) is 43.4 Å². The average molecular weight is 485 g/mol. The Morgan fingerprint density at radius 1 is 1.09 bits per heavy atom. The van der Waals surface area contributed by atoms with E-state index in [0.717, 1.165) is 60.2 Å². The number of halogens is 1. The molecule has 8 heteroatoms. The number of hydrogen-bond donors (Lipinski definition) is 1. The lowest BCUT2D eigenvalue weighted by molar-refractivity contribution is 0.186. The van der Waals surface area contributed by atoms with E-state index >= 15 is 0 Å². The molecule has 35 heavy (non-hydrogen) atoms. The summed E-state index contributed by atoms with van der Waals surface area (Å²) in [5, 5.41) is 17.8. The van der Waals surface area contributed by atoms with E-state index in [2.05, 4.69) is 61.5 Å². The van der Waals surface area contributed by atoms with Gasteiger partial charge in [0.15, 0.2) is 0 Å². The molecule has 1 fully saturated rings. The molecule has 1 aliphatic rings. The molecule has 1 saturated heterocycles. The summed E-state index contributed by atoms with van der Waals surface area (Å²) in [5.41, 5.74) is 6.21. The molecule has 0 aliphatic carbocycles. The Morgan fingerprint density at radius 3 is 2.89 bits per heavy atom. The molecule has 0 unspecified atom stereocenters. The number of nitrogens with zero attached hydrogens (tertiary/aromatic N) is 5. The summed E-state index contributed by atoms with van der Waals surface area (Å²) in [6.07, 6.45) is 3.85. The number of aromatic amines is 1. The van der Waals surface area contributed by atoms with Gasteiger partial charge in [0.1, 0.15) is 10.8 Å². The van der Waals surface area contributed by atoms with Crippen molar-refractivity contribution in [1.29, 1.82) is 0 Å². The van der Waals surface area contributed by atoms with Crippen LogP contribution < -0.4 is 0 Å². The highest BCUT2D eigenvalue weighted by atomic mass is 35.5. The molecule has 176 valence electrons. The van der Waals surface area contributed by atoms with E-state index in [1.165, 1.54) is 11.1 Å². The van der Waals surface area contributed by atoms with Crippen LogP contribution in [0.1, 0.15) is 35.8 Å². The summed E-state index contributed by atoms with van der Waals surface area (Å²) in [5.74, 6) is 1.47. The van der Waals surface area contributed by atoms with Gasteiger partial charge in [-0.25, -0.2) is 4.98 Å². The van der Waals surface area contributed by atoms with Gasteiger partial charge in [0, 0.05) is 35.8 Å². The second kappa shape index (κ2) is 9.24. The first-order chi connectivity index (χ1) is 17.1. The fourth-order valence-electron chi connectivity index (χ4n) is 4.86. The predicted molar refractivity (Wildman–Crippen MR) is 136 cm³/mol. The van der Waals surface area contributed by atoms with Gasteiger partial charge in [0.2, 0.25) is 11.8 Å². The van der Waals surface area contributed by atoms with E-state index in [1.54, 1.807) is 12.3 Å². The minimum absolute atomic E-state index is 0.237. The third-order valence-corrected chi connectivity index (χ3v) is 6.97. The quantitative estimate of drug-likeness (QED) is 0.307. The number of benzene rings is 2. The van der Waals surface area contributed by atoms with E-state index < -0.39 is 0 Å². The number of fused-ring (bicyclic) bond motifs is 1. The van der Waals surface area contributed by atoms with Crippen LogP contribution >= 0.6 is 11.6 Å². The Bertz CT molecular complexity index is 1490. The number of rotatable bonds is 5. The van der Waals surface area contributed by atoms with Crippen molar-refractivity contribution >= 4 is 22.5 Å². The lowest BCUT2D eigenvalue weighted by Crippen LogP contribution is -2.34. The second-order valence-electron chi connectivity index (χ2n) is 9.15. The summed E-state index contributed by atoms with van der Waals surface area (Å²) in [7, 11) is 0. The fourth-order valence-corrected chi connectivity index (χ4v) is 5.04. The van der Waals surface area contributed by atoms with Crippen LogP contribution in [0.15, 0.2) is 65.2 Å². The lowest BCUT2D eigenvalue weighted by atomic mass is 9.97. The Hall–Kier alpha value is -3.55. The van der Waals surface area contributed by atoms with Gasteiger partial charge >= 0.3 is 0 Å². The highest BCUT2D eigenvalue weighted by molar-refractivity contribution is 6.29. The molecule has 0 amide bonds. The maximum Gasteiger partial charge on any atom is 0.247 e. The number of pyridine rings is 1. The van der Waals surface area contributed by atoms with Gasteiger partial charge in [0.25, 0.3) is 0 Å². The molecule has 1 aliphatic heterocycles. The van der Waals surface area contributed by atoms with E-state index in [-0.39, 0.29) is 5.92 Å². The molecule has 1 N–H and O–H groups in total. The van der Waals surface area contributed by atoms with Gasteiger partial charge in [-0.2, -0.15) is 5.10 Å². The van der Waals surface area contributed by atoms with Crippen molar-refractivity contribution in [3.63, 3.8) is 0 Å². The Kier molecular flexibility index (Phi) is 5.80. The third kappa shape index (κ3) is 4.45. The normalized spacial score (nSPS) is 16.7. The summed E-state index contributed by atoms with van der Waals surface area (Å²) in [6.45, 7) is 5.13. The van der Waals surface area contributed by atoms with Crippen LogP contribution in [0.3, 0.4) is 0 Å². The largest absolute Gasteiger partial charge is 0.420 e. The third-order valence-electron chi connectivity index (χ3n) is 6.76. The Morgan fingerprint density at radius 2 is 2.00 bits per heavy atom. The van der Waals surface area contributed by atoms with Gasteiger partial charge < -0.3 is 4.42 Å². The van der Waals surface area contributed by atoms with Gasteiger partial charge in [0.05, 0.1) is 11.4 Å². The smallest absolute Gasteiger partial charge is 0.247 e. The van der Waals surface area contributed by atoms with Crippen LogP contribution in [0.25, 0.3) is 33.6 Å². The number of piperidine rings is 1. The van der Waals surface area contributed by atoms with E-state index in [0.29, 0.717) is 16.9 Å². The van der Waals surface area contributed by atoms with Crippen LogP contribution in [0.2, 0.25) is 5.15 Å². The van der Waals surface area contributed by atoms with E-state index in [1.807, 2.05) is 24.3 Å². The molecular formula is C27H25ClN6O. The van der Waals surface area contributed by atoms with Gasteiger partial charge in [-0.15, -0.1) is 10.2 Å². The zero-order valence-electron chi connectivity index (χ0n) is 19.4. The number of hydrogen-bond acceptors (Lipinski definition) is 6. The molecule has 0 saturated carbocycles.